The lowest BCUT2D eigenvalue weighted by Gasteiger charge is -2.20. The number of benzene rings is 5. The number of aromatic nitrogens is 1. The Morgan fingerprint density at radius 3 is 2.30 bits per heavy atom. The van der Waals surface area contributed by atoms with E-state index < -0.39 is 11.9 Å². The van der Waals surface area contributed by atoms with Gasteiger partial charge in [0.05, 0.1) is 17.8 Å². The molecular formula is C40H38Br2N8O3. The molecule has 8 N–H and O–H groups in total. The molecule has 11 nitrogen and oxygen atoms in total. The number of aromatic amines is 1. The predicted molar refractivity (Wildman–Crippen MR) is 219 cm³/mol. The molecule has 0 bridgehead atoms. The van der Waals surface area contributed by atoms with Crippen LogP contribution in [-0.2, 0) is 11.2 Å². The summed E-state index contributed by atoms with van der Waals surface area (Å²) in [4.78, 5) is 49.0. The Balaban J connectivity index is 1.17. The highest BCUT2D eigenvalue weighted by molar-refractivity contribution is 9.10. The molecule has 0 spiro atoms. The van der Waals surface area contributed by atoms with E-state index in [4.69, 9.17) is 5.73 Å². The summed E-state index contributed by atoms with van der Waals surface area (Å²) in [6.45, 7) is 1.39. The fraction of sp³-hybridized carbons (Fsp3) is 0.150. The van der Waals surface area contributed by atoms with Gasteiger partial charge in [-0.1, -0.05) is 80.4 Å². The number of amides is 3. The average molecular weight is 839 g/mol. The van der Waals surface area contributed by atoms with Gasteiger partial charge in [0.2, 0.25) is 5.91 Å². The summed E-state index contributed by atoms with van der Waals surface area (Å²) in [5.74, 6) is -0.739. The Morgan fingerprint density at radius 2 is 1.49 bits per heavy atom. The van der Waals surface area contributed by atoms with Crippen LogP contribution < -0.4 is 32.3 Å². The topological polar surface area (TPSA) is 166 Å². The number of carbonyl (C=O) groups excluding carboxylic acids is 3. The van der Waals surface area contributed by atoms with E-state index in [1.54, 1.807) is 24.3 Å². The Morgan fingerprint density at radius 1 is 0.755 bits per heavy atom. The van der Waals surface area contributed by atoms with Crippen LogP contribution in [-0.4, -0.2) is 60.9 Å². The summed E-state index contributed by atoms with van der Waals surface area (Å²) < 4.78 is 1.59. The molecule has 0 aliphatic carbocycles. The van der Waals surface area contributed by atoms with E-state index in [-0.39, 0.29) is 30.3 Å². The molecule has 0 saturated heterocycles. The number of anilines is 2. The van der Waals surface area contributed by atoms with E-state index in [1.165, 1.54) is 0 Å². The number of para-hydroxylation sites is 1. The minimum atomic E-state index is -0.948. The summed E-state index contributed by atoms with van der Waals surface area (Å²) in [6.07, 6.45) is 2.07. The van der Waals surface area contributed by atoms with Crippen molar-refractivity contribution in [3.63, 3.8) is 0 Å². The first kappa shape index (κ1) is 37.3. The number of aliphatic imine (C=N–C) groups is 1. The molecule has 3 amide bonds. The second-order valence-corrected chi connectivity index (χ2v) is 14.0. The number of fused-ring (bicyclic) bond motifs is 2. The molecule has 1 aromatic heterocycles. The minimum absolute atomic E-state index is 0.201. The molecule has 0 aliphatic rings. The third-order valence-electron chi connectivity index (χ3n) is 8.43. The monoisotopic (exact) mass is 836 g/mol. The molecule has 6 rings (SSSR count). The molecule has 0 radical (unpaired) electrons. The molecule has 270 valence electrons. The van der Waals surface area contributed by atoms with Crippen molar-refractivity contribution < 1.29 is 14.4 Å². The van der Waals surface area contributed by atoms with E-state index in [9.17, 15) is 14.4 Å². The number of nitrogens with zero attached hydrogens (tertiary/aromatic N) is 1. The molecule has 13 heteroatoms. The van der Waals surface area contributed by atoms with Crippen LogP contribution in [0.15, 0.2) is 129 Å². The molecule has 1 heterocycles. The van der Waals surface area contributed by atoms with E-state index in [2.05, 4.69) is 68.4 Å². The van der Waals surface area contributed by atoms with Crippen LogP contribution in [0.4, 0.5) is 11.4 Å². The van der Waals surface area contributed by atoms with Gasteiger partial charge < -0.3 is 37.3 Å². The maximum atomic E-state index is 14.0. The summed E-state index contributed by atoms with van der Waals surface area (Å²) in [5.41, 5.74) is 9.27. The van der Waals surface area contributed by atoms with Crippen LogP contribution in [0.5, 0.6) is 0 Å². The number of hydrogen-bond donors (Lipinski definition) is 7. The van der Waals surface area contributed by atoms with Crippen molar-refractivity contribution >= 4 is 88.6 Å². The van der Waals surface area contributed by atoms with Gasteiger partial charge in [-0.3, -0.25) is 19.4 Å². The standard InChI is InChI=1S/C40H38Br2N8O3/c41-29-11-14-31(15-12-29)48-40(45-18-17-43)46-20-19-44-39(53)36(22-28-24-47-34-8-4-3-7-32(28)34)50-38(52)33-23-30(42)13-16-35(33)49-37(51)27-10-9-25-5-1-2-6-26(25)21-27/h1-16,21,23-24,36,47H,17-20,22,43H2,(H,44,53)(H,49,51)(H,50,52)(H2,45,46,48). The molecule has 0 aliphatic heterocycles. The van der Waals surface area contributed by atoms with Crippen molar-refractivity contribution in [1.29, 1.82) is 0 Å². The van der Waals surface area contributed by atoms with Crippen molar-refractivity contribution in [3.05, 3.63) is 141 Å². The molecule has 1 atom stereocenters. The molecule has 1 unspecified atom stereocenters. The Hall–Kier alpha value is -5.50. The normalized spacial score (nSPS) is 11.9. The first-order valence-electron chi connectivity index (χ1n) is 17.0. The van der Waals surface area contributed by atoms with Gasteiger partial charge in [0, 0.05) is 63.4 Å². The number of nitrogens with one attached hydrogen (secondary N) is 6. The molecule has 0 saturated carbocycles. The molecular weight excluding hydrogens is 800 g/mol. The van der Waals surface area contributed by atoms with Crippen LogP contribution in [0.25, 0.3) is 21.7 Å². The molecule has 0 fully saturated rings. The number of H-pyrrole nitrogens is 1. The maximum Gasteiger partial charge on any atom is 0.255 e. The summed E-state index contributed by atoms with van der Waals surface area (Å²) in [7, 11) is 0. The minimum Gasteiger partial charge on any atom is -0.361 e. The van der Waals surface area contributed by atoms with Gasteiger partial charge in [-0.15, -0.1) is 0 Å². The Kier molecular flexibility index (Phi) is 12.5. The van der Waals surface area contributed by atoms with E-state index in [0.29, 0.717) is 41.3 Å². The number of carbonyl (C=O) groups is 3. The number of guanidine groups is 1. The van der Waals surface area contributed by atoms with Gasteiger partial charge in [0.25, 0.3) is 11.8 Å². The van der Waals surface area contributed by atoms with E-state index in [1.807, 2.05) is 91.1 Å². The highest BCUT2D eigenvalue weighted by Crippen LogP contribution is 2.24. The highest BCUT2D eigenvalue weighted by Gasteiger charge is 2.25. The van der Waals surface area contributed by atoms with Crippen molar-refractivity contribution in [1.82, 2.24) is 20.9 Å². The summed E-state index contributed by atoms with van der Waals surface area (Å²) >= 11 is 6.90. The van der Waals surface area contributed by atoms with Crippen LogP contribution in [0.2, 0.25) is 0 Å². The molecule has 6 aromatic rings. The number of nitrogens with two attached hydrogens (primary N) is 1. The molecule has 5 aromatic carbocycles. The van der Waals surface area contributed by atoms with Gasteiger partial charge in [0.1, 0.15) is 6.04 Å². The predicted octanol–water partition coefficient (Wildman–Crippen LogP) is 6.57. The third kappa shape index (κ3) is 9.89. The SMILES string of the molecule is NCCN=C(NCCNC(=O)C(Cc1c[nH]c2ccccc12)NC(=O)c1cc(Br)ccc1NC(=O)c1ccc2ccccc2c1)Nc1ccc(Br)cc1. The van der Waals surface area contributed by atoms with Crippen molar-refractivity contribution in [2.45, 2.75) is 12.5 Å². The van der Waals surface area contributed by atoms with E-state index in [0.717, 1.165) is 37.4 Å². The molecule has 53 heavy (non-hydrogen) atoms. The second kappa shape index (κ2) is 17.8. The highest BCUT2D eigenvalue weighted by atomic mass is 79.9. The Bertz CT molecular complexity index is 2270. The second-order valence-electron chi connectivity index (χ2n) is 12.2. The van der Waals surface area contributed by atoms with Gasteiger partial charge in [-0.25, -0.2) is 0 Å². The van der Waals surface area contributed by atoms with Crippen LogP contribution in [0.1, 0.15) is 26.3 Å². The van der Waals surface area contributed by atoms with Crippen molar-refractivity contribution in [2.24, 2.45) is 10.7 Å². The van der Waals surface area contributed by atoms with Crippen molar-refractivity contribution in [3.8, 4) is 0 Å². The smallest absolute Gasteiger partial charge is 0.255 e. The van der Waals surface area contributed by atoms with Gasteiger partial charge in [-0.05, 0) is 77.0 Å². The lowest BCUT2D eigenvalue weighted by atomic mass is 10.0. The zero-order valence-corrected chi connectivity index (χ0v) is 31.8. The zero-order valence-electron chi connectivity index (χ0n) is 28.6. The largest absolute Gasteiger partial charge is 0.361 e. The van der Waals surface area contributed by atoms with Crippen LogP contribution in [0, 0.1) is 0 Å². The number of halogens is 2. The lowest BCUT2D eigenvalue weighted by molar-refractivity contribution is -0.122. The third-order valence-corrected chi connectivity index (χ3v) is 9.45. The first-order valence-corrected chi connectivity index (χ1v) is 18.6. The van der Waals surface area contributed by atoms with Crippen molar-refractivity contribution in [2.75, 3.05) is 36.8 Å². The van der Waals surface area contributed by atoms with Gasteiger partial charge in [0.15, 0.2) is 5.96 Å². The quantitative estimate of drug-likeness (QED) is 0.0395. The number of rotatable bonds is 13. The fourth-order valence-corrected chi connectivity index (χ4v) is 6.41. The lowest BCUT2D eigenvalue weighted by Crippen LogP contribution is -2.49. The average Bonchev–Trinajstić information content (AvgIpc) is 3.58. The first-order chi connectivity index (χ1) is 25.8. The van der Waals surface area contributed by atoms with Gasteiger partial charge >= 0.3 is 0 Å². The van der Waals surface area contributed by atoms with Crippen LogP contribution >= 0.6 is 31.9 Å². The zero-order chi connectivity index (χ0) is 37.2. The fourth-order valence-electron chi connectivity index (χ4n) is 5.78. The van der Waals surface area contributed by atoms with E-state index >= 15 is 0 Å². The Labute approximate surface area is 323 Å². The van der Waals surface area contributed by atoms with Crippen LogP contribution in [0.3, 0.4) is 0 Å². The summed E-state index contributed by atoms with van der Waals surface area (Å²) in [5, 5.41) is 18.2. The summed E-state index contributed by atoms with van der Waals surface area (Å²) in [6, 6.07) is 32.7. The maximum absolute atomic E-state index is 14.0. The van der Waals surface area contributed by atoms with Gasteiger partial charge in [-0.2, -0.15) is 0 Å². The number of hydrogen-bond acceptors (Lipinski definition) is 5.